The highest BCUT2D eigenvalue weighted by atomic mass is 35.5. The van der Waals surface area contributed by atoms with Gasteiger partial charge in [-0.3, -0.25) is 0 Å². The summed E-state index contributed by atoms with van der Waals surface area (Å²) in [6.45, 7) is 4.90. The molecule has 0 unspecified atom stereocenters. The second-order valence-electron chi connectivity index (χ2n) is 7.09. The van der Waals surface area contributed by atoms with E-state index >= 15 is 0 Å². The van der Waals surface area contributed by atoms with Crippen molar-refractivity contribution in [2.75, 3.05) is 6.54 Å². The standard InChI is InChI=1S/C22H22Cl2N4.ClH/c1-22(2)15-25-21(26-22)28-27-20(13-7-16-3-9-18(23)10-4-16)14-8-17-5-11-19(24)12-6-17;/h3-14H,15H2,1-2H3,(H2,25,26,28);1H/b13-7+,14-8+;. The molecule has 0 fully saturated rings. The summed E-state index contributed by atoms with van der Waals surface area (Å²) in [4.78, 5) is 4.43. The maximum Gasteiger partial charge on any atom is 0.212 e. The molecule has 3 rings (SSSR count). The Bertz CT molecular complexity index is 870. The lowest BCUT2D eigenvalue weighted by molar-refractivity contribution is 0.502. The van der Waals surface area contributed by atoms with Gasteiger partial charge in [0.2, 0.25) is 5.96 Å². The topological polar surface area (TPSA) is 48.8 Å². The number of rotatable bonds is 5. The largest absolute Gasteiger partial charge is 0.348 e. The monoisotopic (exact) mass is 448 g/mol. The summed E-state index contributed by atoms with van der Waals surface area (Å²) in [6, 6.07) is 15.3. The molecule has 0 atom stereocenters. The molecule has 0 aliphatic carbocycles. The Kier molecular flexibility index (Phi) is 8.32. The number of hydrogen-bond donors (Lipinski definition) is 2. The first-order valence-corrected chi connectivity index (χ1v) is 9.69. The molecule has 0 saturated carbocycles. The van der Waals surface area contributed by atoms with Crippen LogP contribution in [0.4, 0.5) is 0 Å². The smallest absolute Gasteiger partial charge is 0.212 e. The fourth-order valence-corrected chi connectivity index (χ4v) is 2.75. The average Bonchev–Trinajstić information content (AvgIpc) is 3.02. The van der Waals surface area contributed by atoms with Crippen molar-refractivity contribution in [1.82, 2.24) is 10.7 Å². The Morgan fingerprint density at radius 2 is 1.45 bits per heavy atom. The van der Waals surface area contributed by atoms with Gasteiger partial charge in [0.15, 0.2) is 0 Å². The van der Waals surface area contributed by atoms with Crippen LogP contribution >= 0.6 is 35.6 Å². The molecule has 0 saturated heterocycles. The normalized spacial score (nSPS) is 15.0. The number of guanidine groups is 1. The summed E-state index contributed by atoms with van der Waals surface area (Å²) in [5.74, 6) is 0.669. The molecular formula is C22H23Cl3N4. The van der Waals surface area contributed by atoms with Crippen LogP contribution in [0.2, 0.25) is 10.0 Å². The molecule has 4 nitrogen and oxygen atoms in total. The van der Waals surface area contributed by atoms with E-state index in [-0.39, 0.29) is 17.9 Å². The van der Waals surface area contributed by atoms with Gasteiger partial charge in [-0.05, 0) is 61.4 Å². The molecule has 0 amide bonds. The number of allylic oxidation sites excluding steroid dienone is 2. The fourth-order valence-electron chi connectivity index (χ4n) is 2.50. The van der Waals surface area contributed by atoms with E-state index in [0.717, 1.165) is 16.8 Å². The van der Waals surface area contributed by atoms with Crippen LogP contribution in [0, 0.1) is 0 Å². The number of benzene rings is 2. The number of nitrogens with one attached hydrogen (secondary N) is 2. The molecule has 7 heteroatoms. The van der Waals surface area contributed by atoms with Crippen LogP contribution in [0.1, 0.15) is 25.0 Å². The van der Waals surface area contributed by atoms with Gasteiger partial charge in [-0.1, -0.05) is 59.6 Å². The number of halogens is 3. The van der Waals surface area contributed by atoms with Crippen molar-refractivity contribution in [2.24, 2.45) is 10.1 Å². The van der Waals surface area contributed by atoms with Crippen molar-refractivity contribution in [2.45, 2.75) is 19.4 Å². The molecule has 1 heterocycles. The lowest BCUT2D eigenvalue weighted by Crippen LogP contribution is -2.43. The highest BCUT2D eigenvalue weighted by Crippen LogP contribution is 2.13. The van der Waals surface area contributed by atoms with Gasteiger partial charge in [0, 0.05) is 10.0 Å². The zero-order valence-corrected chi connectivity index (χ0v) is 18.5. The molecule has 0 spiro atoms. The van der Waals surface area contributed by atoms with Gasteiger partial charge in [-0.2, -0.15) is 5.10 Å². The van der Waals surface area contributed by atoms with Crippen molar-refractivity contribution in [3.8, 4) is 0 Å². The summed E-state index contributed by atoms with van der Waals surface area (Å²) in [6.07, 6.45) is 7.83. The van der Waals surface area contributed by atoms with Gasteiger partial charge in [0.05, 0.1) is 17.8 Å². The van der Waals surface area contributed by atoms with E-state index in [2.05, 4.69) is 34.7 Å². The summed E-state index contributed by atoms with van der Waals surface area (Å²) in [7, 11) is 0. The van der Waals surface area contributed by atoms with Crippen LogP contribution in [0.15, 0.2) is 70.8 Å². The van der Waals surface area contributed by atoms with Crippen LogP contribution in [-0.4, -0.2) is 23.8 Å². The van der Waals surface area contributed by atoms with E-state index in [1.807, 2.05) is 72.8 Å². The molecule has 0 bridgehead atoms. The van der Waals surface area contributed by atoms with Gasteiger partial charge >= 0.3 is 0 Å². The number of aliphatic imine (C=N–C) groups is 1. The summed E-state index contributed by atoms with van der Waals surface area (Å²) in [5.41, 5.74) is 5.77. The van der Waals surface area contributed by atoms with E-state index < -0.39 is 0 Å². The minimum Gasteiger partial charge on any atom is -0.348 e. The van der Waals surface area contributed by atoms with Gasteiger partial charge in [0.25, 0.3) is 0 Å². The third-order valence-electron chi connectivity index (χ3n) is 4.01. The maximum absolute atomic E-state index is 5.95. The molecule has 0 aromatic heterocycles. The number of hydrazone groups is 1. The first kappa shape index (κ1) is 23.0. The second kappa shape index (κ2) is 10.5. The second-order valence-corrected chi connectivity index (χ2v) is 7.96. The minimum atomic E-state index is -0.0592. The zero-order chi connectivity index (χ0) is 20.0. The number of hydrogen-bond acceptors (Lipinski definition) is 4. The van der Waals surface area contributed by atoms with Crippen LogP contribution in [-0.2, 0) is 0 Å². The van der Waals surface area contributed by atoms with Crippen molar-refractivity contribution in [3.63, 3.8) is 0 Å². The molecule has 2 aromatic rings. The lowest BCUT2D eigenvalue weighted by atomic mass is 10.1. The first-order valence-electron chi connectivity index (χ1n) is 8.93. The average molecular weight is 450 g/mol. The van der Waals surface area contributed by atoms with Crippen LogP contribution in [0.25, 0.3) is 12.2 Å². The SMILES string of the molecule is CC1(C)CN=C(NN=C(/C=C/c2ccc(Cl)cc2)/C=C/c2ccc(Cl)cc2)N1.Cl. The lowest BCUT2D eigenvalue weighted by Gasteiger charge is -2.17. The Labute approximate surface area is 187 Å². The third kappa shape index (κ3) is 7.58. The molecule has 0 radical (unpaired) electrons. The van der Waals surface area contributed by atoms with E-state index in [1.54, 1.807) is 0 Å². The Morgan fingerprint density at radius 3 is 1.86 bits per heavy atom. The maximum atomic E-state index is 5.95. The predicted octanol–water partition coefficient (Wildman–Crippen LogP) is 5.83. The molecule has 1 aliphatic rings. The van der Waals surface area contributed by atoms with E-state index in [4.69, 9.17) is 23.2 Å². The first-order chi connectivity index (χ1) is 13.4. The van der Waals surface area contributed by atoms with Gasteiger partial charge in [-0.25, -0.2) is 10.4 Å². The van der Waals surface area contributed by atoms with Gasteiger partial charge < -0.3 is 5.32 Å². The highest BCUT2D eigenvalue weighted by molar-refractivity contribution is 6.30. The molecule has 152 valence electrons. The van der Waals surface area contributed by atoms with Gasteiger partial charge in [-0.15, -0.1) is 12.4 Å². The summed E-state index contributed by atoms with van der Waals surface area (Å²) >= 11 is 11.9. The molecular weight excluding hydrogens is 427 g/mol. The van der Waals surface area contributed by atoms with E-state index in [1.165, 1.54) is 0 Å². The summed E-state index contributed by atoms with van der Waals surface area (Å²) in [5, 5.41) is 9.21. The Hall–Kier alpha value is -2.27. The van der Waals surface area contributed by atoms with Crippen LogP contribution in [0.5, 0.6) is 0 Å². The van der Waals surface area contributed by atoms with Gasteiger partial charge in [0.1, 0.15) is 0 Å². The number of nitrogens with zero attached hydrogens (tertiary/aromatic N) is 2. The summed E-state index contributed by atoms with van der Waals surface area (Å²) < 4.78 is 0. The van der Waals surface area contributed by atoms with Crippen molar-refractivity contribution in [1.29, 1.82) is 0 Å². The van der Waals surface area contributed by atoms with Crippen molar-refractivity contribution in [3.05, 3.63) is 81.9 Å². The highest BCUT2D eigenvalue weighted by Gasteiger charge is 2.24. The Morgan fingerprint density at radius 1 is 0.966 bits per heavy atom. The minimum absolute atomic E-state index is 0. The Balaban J connectivity index is 0.00000300. The third-order valence-corrected chi connectivity index (χ3v) is 4.52. The quantitative estimate of drug-likeness (QED) is 0.446. The molecule has 29 heavy (non-hydrogen) atoms. The molecule has 2 N–H and O–H groups in total. The zero-order valence-electron chi connectivity index (χ0n) is 16.2. The van der Waals surface area contributed by atoms with Crippen molar-refractivity contribution < 1.29 is 0 Å². The molecule has 1 aliphatic heterocycles. The van der Waals surface area contributed by atoms with E-state index in [0.29, 0.717) is 22.5 Å². The van der Waals surface area contributed by atoms with Crippen LogP contribution in [0.3, 0.4) is 0 Å². The van der Waals surface area contributed by atoms with Crippen LogP contribution < -0.4 is 10.7 Å². The van der Waals surface area contributed by atoms with Crippen molar-refractivity contribution >= 4 is 59.4 Å². The van der Waals surface area contributed by atoms with E-state index in [9.17, 15) is 0 Å². The molecule has 2 aromatic carbocycles. The fraction of sp³-hybridized carbons (Fsp3) is 0.182. The predicted molar refractivity (Wildman–Crippen MR) is 128 cm³/mol.